The molecule has 5 rings (SSSR count). The van der Waals surface area contributed by atoms with Crippen molar-refractivity contribution in [2.24, 2.45) is 0 Å². The Morgan fingerprint density at radius 1 is 1.16 bits per heavy atom. The fourth-order valence-corrected chi connectivity index (χ4v) is 4.65. The molecule has 3 aromatic rings. The first-order valence-electron chi connectivity index (χ1n) is 11.5. The molecule has 2 heterocycles. The third kappa shape index (κ3) is 4.32. The lowest BCUT2D eigenvalue weighted by atomic mass is 10.0. The Morgan fingerprint density at radius 3 is 2.69 bits per heavy atom. The lowest BCUT2D eigenvalue weighted by Crippen LogP contribution is -2.34. The molecule has 1 saturated carbocycles. The van der Waals surface area contributed by atoms with Crippen LogP contribution in [0.4, 0.5) is 4.39 Å². The number of nitrogens with zero attached hydrogens (tertiary/aromatic N) is 4. The average molecular weight is 433 g/mol. The van der Waals surface area contributed by atoms with Crippen LogP contribution in [0.15, 0.2) is 54.6 Å². The molecule has 2 aliphatic rings. The van der Waals surface area contributed by atoms with Gasteiger partial charge in [-0.25, -0.2) is 9.07 Å². The van der Waals surface area contributed by atoms with E-state index in [1.165, 1.54) is 17.3 Å². The summed E-state index contributed by atoms with van der Waals surface area (Å²) in [6.45, 7) is 4.84. The zero-order chi connectivity index (χ0) is 22.1. The molecule has 0 N–H and O–H groups in total. The molecule has 32 heavy (non-hydrogen) atoms. The van der Waals surface area contributed by atoms with Crippen molar-refractivity contribution in [3.8, 4) is 5.69 Å². The Hall–Kier alpha value is -2.99. The SMILES string of the molecule is CCC(=O)N(Cc1nn(-c2ccccc2)c2c1CN(Cc1cccc(F)c1)CC2)C1CC1. The van der Waals surface area contributed by atoms with Crippen LogP contribution in [0, 0.1) is 5.82 Å². The van der Waals surface area contributed by atoms with Gasteiger partial charge < -0.3 is 4.90 Å². The molecule has 0 bridgehead atoms. The molecular formula is C26H29FN4O. The van der Waals surface area contributed by atoms with E-state index >= 15 is 0 Å². The highest BCUT2D eigenvalue weighted by atomic mass is 19.1. The van der Waals surface area contributed by atoms with E-state index in [1.54, 1.807) is 12.1 Å². The molecule has 1 aliphatic heterocycles. The summed E-state index contributed by atoms with van der Waals surface area (Å²) in [7, 11) is 0. The minimum absolute atomic E-state index is 0.197. The number of hydrogen-bond donors (Lipinski definition) is 0. The molecule has 0 unspecified atom stereocenters. The van der Waals surface area contributed by atoms with E-state index in [0.29, 0.717) is 25.6 Å². The van der Waals surface area contributed by atoms with Gasteiger partial charge >= 0.3 is 0 Å². The second kappa shape index (κ2) is 8.87. The van der Waals surface area contributed by atoms with Gasteiger partial charge in [0.25, 0.3) is 0 Å². The highest BCUT2D eigenvalue weighted by molar-refractivity contribution is 5.76. The van der Waals surface area contributed by atoms with Crippen LogP contribution in [0.3, 0.4) is 0 Å². The highest BCUT2D eigenvalue weighted by Crippen LogP contribution is 2.32. The first-order valence-corrected chi connectivity index (χ1v) is 11.5. The smallest absolute Gasteiger partial charge is 0.222 e. The minimum Gasteiger partial charge on any atom is -0.334 e. The van der Waals surface area contributed by atoms with Crippen molar-refractivity contribution in [2.45, 2.75) is 58.3 Å². The number of hydrogen-bond acceptors (Lipinski definition) is 3. The summed E-state index contributed by atoms with van der Waals surface area (Å²) in [6.07, 6.45) is 3.56. The fourth-order valence-electron chi connectivity index (χ4n) is 4.65. The van der Waals surface area contributed by atoms with Crippen LogP contribution in [-0.4, -0.2) is 38.1 Å². The number of aromatic nitrogens is 2. The van der Waals surface area contributed by atoms with Crippen molar-refractivity contribution in [3.05, 3.63) is 82.9 Å². The summed E-state index contributed by atoms with van der Waals surface area (Å²) < 4.78 is 15.7. The molecule has 5 nitrogen and oxygen atoms in total. The Morgan fingerprint density at radius 2 is 1.97 bits per heavy atom. The number of carbonyl (C=O) groups excluding carboxylic acids is 1. The number of fused-ring (bicyclic) bond motifs is 1. The number of halogens is 1. The molecular weight excluding hydrogens is 403 g/mol. The molecule has 2 aromatic carbocycles. The van der Waals surface area contributed by atoms with Gasteiger partial charge in [0.15, 0.2) is 0 Å². The van der Waals surface area contributed by atoms with Crippen molar-refractivity contribution in [2.75, 3.05) is 6.54 Å². The first kappa shape index (κ1) is 20.9. The summed E-state index contributed by atoms with van der Waals surface area (Å²) in [5.74, 6) is -0.00104. The zero-order valence-electron chi connectivity index (χ0n) is 18.5. The van der Waals surface area contributed by atoms with E-state index in [9.17, 15) is 9.18 Å². The predicted octanol–water partition coefficient (Wildman–Crippen LogP) is 4.47. The normalized spacial score (nSPS) is 16.1. The summed E-state index contributed by atoms with van der Waals surface area (Å²) in [4.78, 5) is 17.0. The van der Waals surface area contributed by atoms with Crippen LogP contribution in [0.2, 0.25) is 0 Å². The molecule has 6 heteroatoms. The van der Waals surface area contributed by atoms with Gasteiger partial charge in [0.1, 0.15) is 5.82 Å². The molecule has 0 radical (unpaired) electrons. The third-order valence-electron chi connectivity index (χ3n) is 6.45. The van der Waals surface area contributed by atoms with Crippen LogP contribution < -0.4 is 0 Å². The van der Waals surface area contributed by atoms with Gasteiger partial charge in [-0.15, -0.1) is 0 Å². The van der Waals surface area contributed by atoms with Crippen LogP contribution in [0.1, 0.15) is 48.7 Å². The van der Waals surface area contributed by atoms with Gasteiger partial charge in [-0.3, -0.25) is 9.69 Å². The van der Waals surface area contributed by atoms with Crippen molar-refractivity contribution in [1.82, 2.24) is 19.6 Å². The standard InChI is InChI=1S/C26H29FN4O/c1-2-26(32)30(21-11-12-21)18-24-23-17-29(16-19-7-6-8-20(27)15-19)14-13-25(23)31(28-24)22-9-4-3-5-10-22/h3-10,15,21H,2,11-14,16-18H2,1H3. The van der Waals surface area contributed by atoms with E-state index in [4.69, 9.17) is 5.10 Å². The third-order valence-corrected chi connectivity index (χ3v) is 6.45. The maximum Gasteiger partial charge on any atom is 0.222 e. The zero-order valence-corrected chi connectivity index (χ0v) is 18.5. The second-order valence-electron chi connectivity index (χ2n) is 8.82. The van der Waals surface area contributed by atoms with Crippen molar-refractivity contribution < 1.29 is 9.18 Å². The number of carbonyl (C=O) groups is 1. The number of para-hydroxylation sites is 1. The van der Waals surface area contributed by atoms with Gasteiger partial charge in [0, 0.05) is 44.1 Å². The van der Waals surface area contributed by atoms with E-state index in [2.05, 4.69) is 21.7 Å². The van der Waals surface area contributed by atoms with Gasteiger partial charge in [-0.1, -0.05) is 37.3 Å². The summed E-state index contributed by atoms with van der Waals surface area (Å²) in [5.41, 5.74) is 5.45. The number of amides is 1. The first-order chi connectivity index (χ1) is 15.6. The van der Waals surface area contributed by atoms with Gasteiger partial charge in [-0.05, 0) is 42.7 Å². The highest BCUT2D eigenvalue weighted by Gasteiger charge is 2.34. The molecule has 1 aromatic heterocycles. The summed E-state index contributed by atoms with van der Waals surface area (Å²) in [5, 5.41) is 5.02. The van der Waals surface area contributed by atoms with E-state index in [0.717, 1.165) is 49.3 Å². The lowest BCUT2D eigenvalue weighted by molar-refractivity contribution is -0.132. The van der Waals surface area contributed by atoms with Crippen molar-refractivity contribution >= 4 is 5.91 Å². The van der Waals surface area contributed by atoms with Gasteiger partial charge in [0.05, 0.1) is 23.6 Å². The lowest BCUT2D eigenvalue weighted by Gasteiger charge is -2.28. The molecule has 1 amide bonds. The second-order valence-corrected chi connectivity index (χ2v) is 8.82. The molecule has 0 atom stereocenters. The van der Waals surface area contributed by atoms with Gasteiger partial charge in [0.2, 0.25) is 5.91 Å². The van der Waals surface area contributed by atoms with E-state index in [-0.39, 0.29) is 11.7 Å². The molecule has 1 fully saturated rings. The van der Waals surface area contributed by atoms with Crippen molar-refractivity contribution in [3.63, 3.8) is 0 Å². The van der Waals surface area contributed by atoms with Gasteiger partial charge in [-0.2, -0.15) is 5.10 Å². The minimum atomic E-state index is -0.198. The topological polar surface area (TPSA) is 41.4 Å². The number of rotatable bonds is 7. The molecule has 166 valence electrons. The largest absolute Gasteiger partial charge is 0.334 e. The fraction of sp³-hybridized carbons (Fsp3) is 0.385. The molecule has 0 spiro atoms. The maximum absolute atomic E-state index is 13.7. The molecule has 0 saturated heterocycles. The maximum atomic E-state index is 13.7. The summed E-state index contributed by atoms with van der Waals surface area (Å²) in [6, 6.07) is 17.4. The van der Waals surface area contributed by atoms with Crippen LogP contribution >= 0.6 is 0 Å². The van der Waals surface area contributed by atoms with E-state index in [1.807, 2.05) is 36.1 Å². The molecule has 1 aliphatic carbocycles. The Labute approximate surface area is 188 Å². The number of benzene rings is 2. The predicted molar refractivity (Wildman–Crippen MR) is 122 cm³/mol. The monoisotopic (exact) mass is 432 g/mol. The van der Waals surface area contributed by atoms with E-state index < -0.39 is 0 Å². The Bertz CT molecular complexity index is 1110. The Kier molecular flexibility index (Phi) is 5.79. The average Bonchev–Trinajstić information content (AvgIpc) is 3.59. The summed E-state index contributed by atoms with van der Waals surface area (Å²) >= 11 is 0. The van der Waals surface area contributed by atoms with Crippen LogP contribution in [0.25, 0.3) is 5.69 Å². The van der Waals surface area contributed by atoms with Crippen LogP contribution in [-0.2, 0) is 30.8 Å². The Balaban J connectivity index is 1.47. The van der Waals surface area contributed by atoms with Crippen LogP contribution in [0.5, 0.6) is 0 Å². The quantitative estimate of drug-likeness (QED) is 0.553. The van der Waals surface area contributed by atoms with Crippen molar-refractivity contribution in [1.29, 1.82) is 0 Å².